The molecule has 90 valence electrons. The van der Waals surface area contributed by atoms with Gasteiger partial charge in [0, 0.05) is 28.2 Å². The second-order valence-corrected chi connectivity index (χ2v) is 5.72. The number of nitrogens with zero attached hydrogens (tertiary/aromatic N) is 2. The summed E-state index contributed by atoms with van der Waals surface area (Å²) in [6.45, 7) is 0. The minimum atomic E-state index is -3.36. The molecule has 1 N–H and O–H groups in total. The van der Waals surface area contributed by atoms with Gasteiger partial charge in [-0.15, -0.1) is 0 Å². The van der Waals surface area contributed by atoms with E-state index in [0.717, 1.165) is 5.69 Å². The fraction of sp³-hybridized carbons (Fsp3) is 0.400. The normalized spacial score (nSPS) is 11.8. The van der Waals surface area contributed by atoms with Crippen molar-refractivity contribution in [1.29, 1.82) is 0 Å². The number of sulfonamides is 1. The first-order valence-corrected chi connectivity index (χ1v) is 6.27. The van der Waals surface area contributed by atoms with E-state index in [1.807, 2.05) is 13.1 Å². The number of hydrogen-bond acceptors (Lipinski definition) is 4. The number of benzene rings is 1. The molecule has 5 nitrogen and oxygen atoms in total. The van der Waals surface area contributed by atoms with Crippen molar-refractivity contribution in [2.45, 2.75) is 4.90 Å². The Morgan fingerprint density at radius 3 is 2.31 bits per heavy atom. The Bertz CT molecular complexity index is 457. The van der Waals surface area contributed by atoms with Gasteiger partial charge in [-0.1, -0.05) is 6.07 Å². The molecule has 16 heavy (non-hydrogen) atoms. The molecular formula is C10H17N3O2S. The molecule has 0 aliphatic rings. The highest BCUT2D eigenvalue weighted by Crippen LogP contribution is 2.19. The van der Waals surface area contributed by atoms with Gasteiger partial charge in [0.1, 0.15) is 0 Å². The zero-order chi connectivity index (χ0) is 12.3. The standard InChI is InChI=1S/C10H17N3O2S/c1-11-13(4)9-6-5-7-10(8-9)16(14,15)12(2)3/h5-8,11H,1-4H3. The molecule has 0 saturated carbocycles. The van der Waals surface area contributed by atoms with E-state index in [1.54, 1.807) is 30.3 Å². The molecule has 0 bridgehead atoms. The Hall–Kier alpha value is -1.11. The van der Waals surface area contributed by atoms with Gasteiger partial charge in [-0.25, -0.2) is 18.1 Å². The quantitative estimate of drug-likeness (QED) is 0.783. The molecule has 0 aliphatic carbocycles. The van der Waals surface area contributed by atoms with Gasteiger partial charge in [-0.05, 0) is 18.2 Å². The summed E-state index contributed by atoms with van der Waals surface area (Å²) in [6.07, 6.45) is 0. The first-order valence-electron chi connectivity index (χ1n) is 4.83. The lowest BCUT2D eigenvalue weighted by atomic mass is 10.3. The Balaban J connectivity index is 3.18. The van der Waals surface area contributed by atoms with Gasteiger partial charge in [0.15, 0.2) is 0 Å². The number of rotatable bonds is 4. The van der Waals surface area contributed by atoms with Crippen LogP contribution < -0.4 is 10.4 Å². The van der Waals surface area contributed by atoms with E-state index in [4.69, 9.17) is 0 Å². The summed E-state index contributed by atoms with van der Waals surface area (Å²) in [7, 11) is 3.26. The molecular weight excluding hydrogens is 226 g/mol. The Morgan fingerprint density at radius 1 is 1.19 bits per heavy atom. The zero-order valence-electron chi connectivity index (χ0n) is 9.93. The monoisotopic (exact) mass is 243 g/mol. The molecule has 0 radical (unpaired) electrons. The van der Waals surface area contributed by atoms with Crippen LogP contribution in [0, 0.1) is 0 Å². The fourth-order valence-electron chi connectivity index (χ4n) is 1.19. The average molecular weight is 243 g/mol. The van der Waals surface area contributed by atoms with Crippen molar-refractivity contribution >= 4 is 15.7 Å². The van der Waals surface area contributed by atoms with E-state index in [-0.39, 0.29) is 4.90 Å². The minimum absolute atomic E-state index is 0.289. The second-order valence-electron chi connectivity index (χ2n) is 3.57. The van der Waals surface area contributed by atoms with Crippen molar-refractivity contribution in [2.24, 2.45) is 0 Å². The first kappa shape index (κ1) is 13.0. The van der Waals surface area contributed by atoms with Crippen molar-refractivity contribution in [1.82, 2.24) is 9.73 Å². The van der Waals surface area contributed by atoms with Gasteiger partial charge in [0.05, 0.1) is 10.6 Å². The third-order valence-electron chi connectivity index (χ3n) is 2.32. The van der Waals surface area contributed by atoms with Crippen LogP contribution in [0.2, 0.25) is 0 Å². The number of nitrogens with one attached hydrogen (secondary N) is 1. The Kier molecular flexibility index (Phi) is 3.90. The Morgan fingerprint density at radius 2 is 1.81 bits per heavy atom. The van der Waals surface area contributed by atoms with Crippen LogP contribution >= 0.6 is 0 Å². The molecule has 0 unspecified atom stereocenters. The van der Waals surface area contributed by atoms with Crippen LogP contribution in [0.15, 0.2) is 29.2 Å². The molecule has 0 fully saturated rings. The van der Waals surface area contributed by atoms with Crippen molar-refractivity contribution in [3.8, 4) is 0 Å². The molecule has 0 amide bonds. The van der Waals surface area contributed by atoms with E-state index >= 15 is 0 Å². The second kappa shape index (κ2) is 4.82. The molecule has 0 saturated heterocycles. The molecule has 0 atom stereocenters. The summed E-state index contributed by atoms with van der Waals surface area (Å²) < 4.78 is 25.0. The van der Waals surface area contributed by atoms with Gasteiger partial charge >= 0.3 is 0 Å². The zero-order valence-corrected chi connectivity index (χ0v) is 10.7. The van der Waals surface area contributed by atoms with E-state index in [9.17, 15) is 8.42 Å². The SMILES string of the molecule is CNN(C)c1cccc(S(=O)(=O)N(C)C)c1. The lowest BCUT2D eigenvalue weighted by molar-refractivity contribution is 0.520. The summed E-state index contributed by atoms with van der Waals surface area (Å²) in [5, 5.41) is 1.74. The first-order chi connectivity index (χ1) is 7.39. The summed E-state index contributed by atoms with van der Waals surface area (Å²) >= 11 is 0. The third kappa shape index (κ3) is 2.52. The maximum atomic E-state index is 11.9. The van der Waals surface area contributed by atoms with Gasteiger partial charge in [-0.3, -0.25) is 0 Å². The van der Waals surface area contributed by atoms with Crippen molar-refractivity contribution in [3.05, 3.63) is 24.3 Å². The molecule has 6 heteroatoms. The van der Waals surface area contributed by atoms with Gasteiger partial charge in [0.25, 0.3) is 0 Å². The largest absolute Gasteiger partial charge is 0.312 e. The molecule has 0 spiro atoms. The Labute approximate surface area is 96.7 Å². The van der Waals surface area contributed by atoms with Crippen LogP contribution in [0.3, 0.4) is 0 Å². The predicted molar refractivity (Wildman–Crippen MR) is 64.8 cm³/mol. The average Bonchev–Trinajstić information content (AvgIpc) is 2.28. The number of hydrogen-bond donors (Lipinski definition) is 1. The highest BCUT2D eigenvalue weighted by atomic mass is 32.2. The summed E-state index contributed by atoms with van der Waals surface area (Å²) in [4.78, 5) is 0.289. The van der Waals surface area contributed by atoms with Gasteiger partial charge in [-0.2, -0.15) is 0 Å². The number of hydrazine groups is 1. The van der Waals surface area contributed by atoms with Crippen LogP contribution in [0.5, 0.6) is 0 Å². The summed E-state index contributed by atoms with van der Waals surface area (Å²) in [5.41, 5.74) is 3.71. The van der Waals surface area contributed by atoms with Gasteiger partial charge < -0.3 is 5.01 Å². The molecule has 0 heterocycles. The maximum Gasteiger partial charge on any atom is 0.242 e. The smallest absolute Gasteiger partial charge is 0.242 e. The predicted octanol–water partition coefficient (Wildman–Crippen LogP) is 0.507. The highest BCUT2D eigenvalue weighted by molar-refractivity contribution is 7.89. The van der Waals surface area contributed by atoms with Crippen LogP contribution in [0.25, 0.3) is 0 Å². The lowest BCUT2D eigenvalue weighted by Gasteiger charge is -2.19. The topological polar surface area (TPSA) is 52.7 Å². The van der Waals surface area contributed by atoms with Crippen LogP contribution in [0.4, 0.5) is 5.69 Å². The van der Waals surface area contributed by atoms with Gasteiger partial charge in [0.2, 0.25) is 10.0 Å². The van der Waals surface area contributed by atoms with Crippen LogP contribution in [-0.4, -0.2) is 40.9 Å². The highest BCUT2D eigenvalue weighted by Gasteiger charge is 2.17. The fourth-order valence-corrected chi connectivity index (χ4v) is 2.13. The summed E-state index contributed by atoms with van der Waals surface area (Å²) in [5.74, 6) is 0. The van der Waals surface area contributed by atoms with Crippen molar-refractivity contribution < 1.29 is 8.42 Å². The molecule has 1 aromatic rings. The van der Waals surface area contributed by atoms with E-state index in [1.165, 1.54) is 18.4 Å². The van der Waals surface area contributed by atoms with Crippen molar-refractivity contribution in [2.75, 3.05) is 33.2 Å². The lowest BCUT2D eigenvalue weighted by Crippen LogP contribution is -2.30. The molecule has 0 aliphatic heterocycles. The third-order valence-corrected chi connectivity index (χ3v) is 4.13. The maximum absolute atomic E-state index is 11.9. The van der Waals surface area contributed by atoms with E-state index < -0.39 is 10.0 Å². The van der Waals surface area contributed by atoms with Crippen LogP contribution in [-0.2, 0) is 10.0 Å². The molecule has 1 rings (SSSR count). The number of anilines is 1. The van der Waals surface area contributed by atoms with Crippen molar-refractivity contribution in [3.63, 3.8) is 0 Å². The minimum Gasteiger partial charge on any atom is -0.312 e. The van der Waals surface area contributed by atoms with E-state index in [2.05, 4.69) is 5.43 Å². The molecule has 0 aromatic heterocycles. The van der Waals surface area contributed by atoms with E-state index in [0.29, 0.717) is 0 Å². The summed E-state index contributed by atoms with van der Waals surface area (Å²) in [6, 6.07) is 6.78. The van der Waals surface area contributed by atoms with Crippen LogP contribution in [0.1, 0.15) is 0 Å². The molecule has 1 aromatic carbocycles.